The lowest BCUT2D eigenvalue weighted by Crippen LogP contribution is -1.91. The molecule has 0 spiro atoms. The Kier molecular flexibility index (Phi) is 3.70. The van der Waals surface area contributed by atoms with Gasteiger partial charge in [0.25, 0.3) is 0 Å². The van der Waals surface area contributed by atoms with Crippen LogP contribution in [0.2, 0.25) is 0 Å². The number of anilines is 1. The monoisotopic (exact) mass is 269 g/mol. The predicted octanol–water partition coefficient (Wildman–Crippen LogP) is 4.02. The van der Waals surface area contributed by atoms with E-state index in [-0.39, 0.29) is 0 Å². The number of hydrazone groups is 1. The van der Waals surface area contributed by atoms with Crippen LogP contribution in [-0.4, -0.2) is 11.2 Å². The van der Waals surface area contributed by atoms with Crippen LogP contribution in [0.5, 0.6) is 0 Å². The highest BCUT2D eigenvalue weighted by molar-refractivity contribution is 7.13. The second-order valence-corrected chi connectivity index (χ2v) is 5.58. The van der Waals surface area contributed by atoms with Gasteiger partial charge in [-0.25, -0.2) is 4.98 Å². The van der Waals surface area contributed by atoms with E-state index in [1.165, 1.54) is 22.6 Å². The molecule has 3 nitrogen and oxygen atoms in total. The zero-order valence-electron chi connectivity index (χ0n) is 10.5. The molecule has 0 aromatic carbocycles. The molecule has 0 radical (unpaired) electrons. The first-order valence-electron chi connectivity index (χ1n) is 6.38. The summed E-state index contributed by atoms with van der Waals surface area (Å²) in [5, 5.41) is 4.21. The molecule has 2 aromatic rings. The highest BCUT2D eigenvalue weighted by Crippen LogP contribution is 2.32. The highest BCUT2D eigenvalue weighted by Gasteiger charge is 2.13. The molecule has 0 saturated carbocycles. The molecule has 2 aromatic heterocycles. The van der Waals surface area contributed by atoms with Crippen molar-refractivity contribution < 1.29 is 0 Å². The standard InChI is InChI=1S/C15H15N3S/c1-2-6-12(5-1)14-9-8-13(19-14)11-17-18-15-7-3-4-10-16-15/h1,3-5,7-12H,2,6H2,(H,16,18)/b17-11-/t12-/m0/s1. The molecule has 96 valence electrons. The molecule has 19 heavy (non-hydrogen) atoms. The summed E-state index contributed by atoms with van der Waals surface area (Å²) in [5.74, 6) is 1.37. The molecule has 1 atom stereocenters. The quantitative estimate of drug-likeness (QED) is 0.517. The van der Waals surface area contributed by atoms with Crippen molar-refractivity contribution in [3.63, 3.8) is 0 Å². The Morgan fingerprint density at radius 1 is 1.32 bits per heavy atom. The van der Waals surface area contributed by atoms with Crippen LogP contribution in [0.4, 0.5) is 5.82 Å². The van der Waals surface area contributed by atoms with Crippen LogP contribution in [0.15, 0.2) is 53.8 Å². The molecule has 0 saturated heterocycles. The van der Waals surface area contributed by atoms with Crippen molar-refractivity contribution in [1.82, 2.24) is 4.98 Å². The molecule has 0 fully saturated rings. The molecular weight excluding hydrogens is 254 g/mol. The Labute approximate surface area is 116 Å². The topological polar surface area (TPSA) is 37.3 Å². The second kappa shape index (κ2) is 5.80. The molecule has 2 heterocycles. The average Bonchev–Trinajstić information content (AvgIpc) is 3.10. The van der Waals surface area contributed by atoms with E-state index in [9.17, 15) is 0 Å². The molecule has 1 aliphatic rings. The third-order valence-electron chi connectivity index (χ3n) is 3.06. The summed E-state index contributed by atoms with van der Waals surface area (Å²) >= 11 is 1.80. The third kappa shape index (κ3) is 3.09. The first-order valence-corrected chi connectivity index (χ1v) is 7.20. The summed E-state index contributed by atoms with van der Waals surface area (Å²) in [4.78, 5) is 6.74. The summed E-state index contributed by atoms with van der Waals surface area (Å²) in [6, 6.07) is 10.0. The first kappa shape index (κ1) is 12.1. The van der Waals surface area contributed by atoms with E-state index in [1.54, 1.807) is 17.5 Å². The highest BCUT2D eigenvalue weighted by atomic mass is 32.1. The van der Waals surface area contributed by atoms with Gasteiger partial charge >= 0.3 is 0 Å². The van der Waals surface area contributed by atoms with Crippen molar-refractivity contribution in [2.75, 3.05) is 5.43 Å². The summed E-state index contributed by atoms with van der Waals surface area (Å²) in [5.41, 5.74) is 2.92. The van der Waals surface area contributed by atoms with Crippen molar-refractivity contribution in [3.8, 4) is 0 Å². The Balaban J connectivity index is 1.62. The molecule has 3 rings (SSSR count). The maximum Gasteiger partial charge on any atom is 0.146 e. The Morgan fingerprint density at radius 2 is 2.32 bits per heavy atom. The lowest BCUT2D eigenvalue weighted by atomic mass is 10.1. The summed E-state index contributed by atoms with van der Waals surface area (Å²) in [7, 11) is 0. The Morgan fingerprint density at radius 3 is 3.11 bits per heavy atom. The Bertz CT molecular complexity index is 586. The summed E-state index contributed by atoms with van der Waals surface area (Å²) < 4.78 is 0. The van der Waals surface area contributed by atoms with Crippen molar-refractivity contribution in [2.24, 2.45) is 5.10 Å². The minimum atomic E-state index is 0.607. The molecule has 0 amide bonds. The van der Waals surface area contributed by atoms with Gasteiger partial charge in [-0.3, -0.25) is 5.43 Å². The average molecular weight is 269 g/mol. The van der Waals surface area contributed by atoms with Crippen molar-refractivity contribution >= 4 is 23.4 Å². The number of rotatable bonds is 4. The number of nitrogens with zero attached hydrogens (tertiary/aromatic N) is 2. The van der Waals surface area contributed by atoms with E-state index in [2.05, 4.69) is 39.8 Å². The zero-order valence-corrected chi connectivity index (χ0v) is 11.3. The fourth-order valence-corrected chi connectivity index (χ4v) is 3.10. The van der Waals surface area contributed by atoms with Crippen molar-refractivity contribution in [2.45, 2.75) is 18.8 Å². The molecule has 1 N–H and O–H groups in total. The third-order valence-corrected chi connectivity index (χ3v) is 4.21. The lowest BCUT2D eigenvalue weighted by Gasteiger charge is -2.01. The molecular formula is C15H15N3S. The van der Waals surface area contributed by atoms with Crippen LogP contribution >= 0.6 is 11.3 Å². The van der Waals surface area contributed by atoms with Gasteiger partial charge in [0, 0.05) is 21.9 Å². The van der Waals surface area contributed by atoms with Gasteiger partial charge in [0.05, 0.1) is 6.21 Å². The number of hydrogen-bond donors (Lipinski definition) is 1. The van der Waals surface area contributed by atoms with Gasteiger partial charge < -0.3 is 0 Å². The Hall–Kier alpha value is -1.94. The second-order valence-electron chi connectivity index (χ2n) is 4.44. The maximum absolute atomic E-state index is 4.21. The van der Waals surface area contributed by atoms with E-state index in [1.807, 2.05) is 24.4 Å². The van der Waals surface area contributed by atoms with Gasteiger partial charge in [-0.15, -0.1) is 11.3 Å². The van der Waals surface area contributed by atoms with Crippen LogP contribution in [0.3, 0.4) is 0 Å². The zero-order chi connectivity index (χ0) is 12.9. The van der Waals surface area contributed by atoms with E-state index in [4.69, 9.17) is 0 Å². The SMILES string of the molecule is C1=C[C@H](c2ccc(/C=N\Nc3ccccn3)s2)CC1. The molecule has 0 bridgehead atoms. The summed E-state index contributed by atoms with van der Waals surface area (Å²) in [6.45, 7) is 0. The number of hydrogen-bond acceptors (Lipinski definition) is 4. The van der Waals surface area contributed by atoms with E-state index < -0.39 is 0 Å². The number of thiophene rings is 1. The van der Waals surface area contributed by atoms with Gasteiger partial charge in [-0.1, -0.05) is 18.2 Å². The van der Waals surface area contributed by atoms with E-state index in [0.29, 0.717) is 5.92 Å². The number of pyridine rings is 1. The number of aromatic nitrogens is 1. The van der Waals surface area contributed by atoms with Gasteiger partial charge in [-0.2, -0.15) is 5.10 Å². The number of nitrogens with one attached hydrogen (secondary N) is 1. The van der Waals surface area contributed by atoms with Crippen LogP contribution in [0, 0.1) is 0 Å². The van der Waals surface area contributed by atoms with Crippen molar-refractivity contribution in [1.29, 1.82) is 0 Å². The largest absolute Gasteiger partial charge is 0.261 e. The van der Waals surface area contributed by atoms with Crippen LogP contribution in [-0.2, 0) is 0 Å². The van der Waals surface area contributed by atoms with Crippen LogP contribution in [0.25, 0.3) is 0 Å². The summed E-state index contributed by atoms with van der Waals surface area (Å²) in [6.07, 6.45) is 10.6. The minimum absolute atomic E-state index is 0.607. The maximum atomic E-state index is 4.21. The van der Waals surface area contributed by atoms with Gasteiger partial charge in [0.1, 0.15) is 5.82 Å². The normalized spacial score (nSPS) is 18.2. The molecule has 4 heteroatoms. The van der Waals surface area contributed by atoms with Crippen LogP contribution in [0.1, 0.15) is 28.5 Å². The van der Waals surface area contributed by atoms with E-state index in [0.717, 1.165) is 5.82 Å². The van der Waals surface area contributed by atoms with Crippen LogP contribution < -0.4 is 5.43 Å². The van der Waals surface area contributed by atoms with Crippen molar-refractivity contribution in [3.05, 3.63) is 58.4 Å². The smallest absolute Gasteiger partial charge is 0.146 e. The fourth-order valence-electron chi connectivity index (χ4n) is 2.10. The molecule has 1 aliphatic carbocycles. The van der Waals surface area contributed by atoms with Gasteiger partial charge in [0.2, 0.25) is 0 Å². The first-order chi connectivity index (χ1) is 9.42. The van der Waals surface area contributed by atoms with Gasteiger partial charge in [-0.05, 0) is 37.1 Å². The lowest BCUT2D eigenvalue weighted by molar-refractivity contribution is 0.815. The molecule has 0 aliphatic heterocycles. The number of allylic oxidation sites excluding steroid dienone is 2. The molecule has 0 unspecified atom stereocenters. The predicted molar refractivity (Wildman–Crippen MR) is 80.9 cm³/mol. The van der Waals surface area contributed by atoms with E-state index >= 15 is 0 Å². The fraction of sp³-hybridized carbons (Fsp3) is 0.200. The van der Waals surface area contributed by atoms with Gasteiger partial charge in [0.15, 0.2) is 0 Å². The minimum Gasteiger partial charge on any atom is -0.261 e.